The minimum Gasteiger partial charge on any atom is -1.00 e. The molecule has 0 spiro atoms. The smallest absolute Gasteiger partial charge is 0.182 e. The maximum atomic E-state index is 5.87. The Morgan fingerprint density at radius 2 is 1.09 bits per heavy atom. The quantitative estimate of drug-likeness (QED) is 0.239. The Hall–Kier alpha value is 0.210. The molecule has 0 aromatic rings. The third kappa shape index (κ3) is 18.3. The van der Waals surface area contributed by atoms with Crippen LogP contribution in [-0.4, -0.2) is 38.5 Å². The van der Waals surface area contributed by atoms with Crippen LogP contribution in [0.25, 0.3) is 0 Å². The Balaban J connectivity index is 0. The number of quaternary nitrogens is 1. The molecule has 136 valence electrons. The molecule has 0 fully saturated rings. The van der Waals surface area contributed by atoms with Crippen molar-refractivity contribution in [1.82, 2.24) is 0 Å². The van der Waals surface area contributed by atoms with Crippen LogP contribution in [-0.2, 0) is 4.74 Å². The lowest BCUT2D eigenvalue weighted by Gasteiger charge is -2.29. The molecule has 0 saturated carbocycles. The molecule has 0 aliphatic rings. The zero-order valence-electron chi connectivity index (χ0n) is 15.8. The van der Waals surface area contributed by atoms with Gasteiger partial charge in [0.15, 0.2) is 6.73 Å². The minimum absolute atomic E-state index is 0. The first-order chi connectivity index (χ1) is 10.1. The molecule has 0 unspecified atom stereocenters. The van der Waals surface area contributed by atoms with Crippen molar-refractivity contribution in [3.8, 4) is 0 Å². The number of unbranched alkanes of at least 4 members (excludes halogenated alkanes) is 10. The van der Waals surface area contributed by atoms with E-state index in [4.69, 9.17) is 4.74 Å². The van der Waals surface area contributed by atoms with Gasteiger partial charge in [0.2, 0.25) is 0 Å². The summed E-state index contributed by atoms with van der Waals surface area (Å²) in [4.78, 5) is 0. The maximum Gasteiger partial charge on any atom is 0.182 e. The van der Waals surface area contributed by atoms with E-state index in [1.54, 1.807) is 0 Å². The molecule has 0 aromatic heterocycles. The molecule has 0 aromatic carbocycles. The third-order valence-electron chi connectivity index (χ3n) is 4.20. The van der Waals surface area contributed by atoms with Crippen molar-refractivity contribution in [1.29, 1.82) is 0 Å². The Labute approximate surface area is 147 Å². The fraction of sp³-hybridized carbons (Fsp3) is 1.00. The van der Waals surface area contributed by atoms with E-state index in [2.05, 4.69) is 27.9 Å². The summed E-state index contributed by atoms with van der Waals surface area (Å²) >= 11 is 0. The van der Waals surface area contributed by atoms with Gasteiger partial charge in [0.05, 0.1) is 27.2 Å². The van der Waals surface area contributed by atoms with Gasteiger partial charge in [0, 0.05) is 0 Å². The lowest BCUT2D eigenvalue weighted by molar-refractivity contribution is -0.909. The van der Waals surface area contributed by atoms with Crippen molar-refractivity contribution in [2.45, 2.75) is 90.9 Å². The van der Waals surface area contributed by atoms with Crippen LogP contribution in [0.4, 0.5) is 0 Å². The molecule has 0 heterocycles. The average Bonchev–Trinajstić information content (AvgIpc) is 2.45. The SMILES string of the molecule is CCCCCCCCOC[N+](C)(C)CCCCCCCC.[Cl-]. The number of hydrogen-bond donors (Lipinski definition) is 0. The molecule has 0 radical (unpaired) electrons. The van der Waals surface area contributed by atoms with Crippen LogP contribution in [0.15, 0.2) is 0 Å². The summed E-state index contributed by atoms with van der Waals surface area (Å²) in [7, 11) is 4.60. The summed E-state index contributed by atoms with van der Waals surface area (Å²) < 4.78 is 6.89. The summed E-state index contributed by atoms with van der Waals surface area (Å²) in [6.45, 7) is 7.63. The number of hydrogen-bond acceptors (Lipinski definition) is 1. The van der Waals surface area contributed by atoms with Gasteiger partial charge < -0.3 is 21.6 Å². The fourth-order valence-electron chi connectivity index (χ4n) is 2.68. The summed E-state index contributed by atoms with van der Waals surface area (Å²) in [6, 6.07) is 0. The predicted molar refractivity (Wildman–Crippen MR) is 94.5 cm³/mol. The second kappa shape index (κ2) is 17.6. The lowest BCUT2D eigenvalue weighted by atomic mass is 10.1. The zero-order chi connectivity index (χ0) is 15.8. The molecular formula is C19H42ClNO. The van der Waals surface area contributed by atoms with Gasteiger partial charge in [-0.3, -0.25) is 0 Å². The van der Waals surface area contributed by atoms with E-state index >= 15 is 0 Å². The normalized spacial score (nSPS) is 11.5. The van der Waals surface area contributed by atoms with Crippen molar-refractivity contribution < 1.29 is 21.6 Å². The molecule has 0 amide bonds. The molecular weight excluding hydrogens is 294 g/mol. The summed E-state index contributed by atoms with van der Waals surface area (Å²) in [6.07, 6.45) is 16.4. The third-order valence-corrected chi connectivity index (χ3v) is 4.20. The second-order valence-corrected chi connectivity index (χ2v) is 7.23. The van der Waals surface area contributed by atoms with Crippen LogP contribution >= 0.6 is 0 Å². The highest BCUT2D eigenvalue weighted by Gasteiger charge is 2.13. The van der Waals surface area contributed by atoms with Gasteiger partial charge in [0.1, 0.15) is 0 Å². The van der Waals surface area contributed by atoms with Crippen LogP contribution in [0.2, 0.25) is 0 Å². The number of rotatable bonds is 16. The molecule has 0 rings (SSSR count). The molecule has 0 saturated heterocycles. The Morgan fingerprint density at radius 3 is 1.64 bits per heavy atom. The predicted octanol–water partition coefficient (Wildman–Crippen LogP) is 2.76. The maximum absolute atomic E-state index is 5.87. The fourth-order valence-corrected chi connectivity index (χ4v) is 2.68. The summed E-state index contributed by atoms with van der Waals surface area (Å²) in [5, 5.41) is 0. The van der Waals surface area contributed by atoms with E-state index in [1.807, 2.05) is 0 Å². The van der Waals surface area contributed by atoms with Crippen LogP contribution in [0.3, 0.4) is 0 Å². The van der Waals surface area contributed by atoms with Crippen molar-refractivity contribution in [2.24, 2.45) is 0 Å². The Kier molecular flexibility index (Phi) is 19.5. The van der Waals surface area contributed by atoms with E-state index in [1.165, 1.54) is 83.6 Å². The topological polar surface area (TPSA) is 9.23 Å². The highest BCUT2D eigenvalue weighted by molar-refractivity contribution is 4.44. The molecule has 0 aliphatic carbocycles. The second-order valence-electron chi connectivity index (χ2n) is 7.23. The molecule has 0 bridgehead atoms. The number of nitrogens with zero attached hydrogens (tertiary/aromatic N) is 1. The number of halogens is 1. The van der Waals surface area contributed by atoms with Gasteiger partial charge in [0.25, 0.3) is 0 Å². The van der Waals surface area contributed by atoms with Gasteiger partial charge in [-0.05, 0) is 19.3 Å². The van der Waals surface area contributed by atoms with Crippen LogP contribution < -0.4 is 12.4 Å². The Bertz CT molecular complexity index is 210. The van der Waals surface area contributed by atoms with Crippen LogP contribution in [0.5, 0.6) is 0 Å². The van der Waals surface area contributed by atoms with Crippen molar-refractivity contribution in [3.63, 3.8) is 0 Å². The Morgan fingerprint density at radius 1 is 0.636 bits per heavy atom. The summed E-state index contributed by atoms with van der Waals surface area (Å²) in [5.74, 6) is 0. The molecule has 0 aliphatic heterocycles. The van der Waals surface area contributed by atoms with Gasteiger partial charge in [-0.25, -0.2) is 0 Å². The van der Waals surface area contributed by atoms with Gasteiger partial charge in [-0.1, -0.05) is 71.6 Å². The molecule has 0 N–H and O–H groups in total. The largest absolute Gasteiger partial charge is 1.00 e. The first kappa shape index (κ1) is 24.5. The monoisotopic (exact) mass is 335 g/mol. The van der Waals surface area contributed by atoms with E-state index in [0.29, 0.717) is 0 Å². The van der Waals surface area contributed by atoms with Crippen LogP contribution in [0.1, 0.15) is 90.9 Å². The minimum atomic E-state index is 0. The van der Waals surface area contributed by atoms with E-state index < -0.39 is 0 Å². The zero-order valence-corrected chi connectivity index (χ0v) is 16.6. The van der Waals surface area contributed by atoms with Gasteiger partial charge >= 0.3 is 0 Å². The first-order valence-electron chi connectivity index (χ1n) is 9.52. The highest BCUT2D eigenvalue weighted by atomic mass is 35.5. The number of ether oxygens (including phenoxy) is 1. The molecule has 2 nitrogen and oxygen atoms in total. The van der Waals surface area contributed by atoms with E-state index in [9.17, 15) is 0 Å². The molecule has 0 atom stereocenters. The van der Waals surface area contributed by atoms with Crippen LogP contribution in [0, 0.1) is 0 Å². The van der Waals surface area contributed by atoms with Crippen molar-refractivity contribution >= 4 is 0 Å². The van der Waals surface area contributed by atoms with E-state index in [-0.39, 0.29) is 12.4 Å². The van der Waals surface area contributed by atoms with E-state index in [0.717, 1.165) is 17.8 Å². The van der Waals surface area contributed by atoms with Crippen molar-refractivity contribution in [2.75, 3.05) is 34.0 Å². The highest BCUT2D eigenvalue weighted by Crippen LogP contribution is 2.09. The van der Waals surface area contributed by atoms with Crippen molar-refractivity contribution in [3.05, 3.63) is 0 Å². The summed E-state index contributed by atoms with van der Waals surface area (Å²) in [5.41, 5.74) is 0. The average molecular weight is 336 g/mol. The lowest BCUT2D eigenvalue weighted by Crippen LogP contribution is -3.00. The molecule has 22 heavy (non-hydrogen) atoms. The molecule has 3 heteroatoms. The standard InChI is InChI=1S/C19H42NO.ClH/c1-5-7-9-11-13-15-17-20(3,4)19-21-18-16-14-12-10-8-6-2;/h5-19H2,1-4H3;1H/q+1;/p-1. The first-order valence-corrected chi connectivity index (χ1v) is 9.52. The van der Waals surface area contributed by atoms with Gasteiger partial charge in [-0.15, -0.1) is 0 Å². The van der Waals surface area contributed by atoms with Gasteiger partial charge in [-0.2, -0.15) is 0 Å².